The van der Waals surface area contributed by atoms with Crippen LogP contribution in [0.1, 0.15) is 0 Å². The quantitative estimate of drug-likeness (QED) is 0.711. The van der Waals surface area contributed by atoms with E-state index in [0.29, 0.717) is 0 Å². The molecule has 1 aliphatic rings. The maximum atomic E-state index is 11.5. The van der Waals surface area contributed by atoms with Gasteiger partial charge in [-0.1, -0.05) is 24.3 Å². The van der Waals surface area contributed by atoms with E-state index in [-0.39, 0.29) is 0 Å². The van der Waals surface area contributed by atoms with E-state index in [1.165, 1.54) is 5.69 Å². The zero-order valence-corrected chi connectivity index (χ0v) is 15.5. The standard InChI is InChI=1S/C20H21N3O2S/c1-25-20-5-3-2-4-19(20)23-15-17(14-21-23)16-6-8-18(9-7-16)22-10-12-26(24)13-11-22/h2-9,14-15H,10-13H2,1H3. The SMILES string of the molecule is COc1ccccc1-n1cc(-c2ccc(N3CCS(=O)CC3)cc2)cn1. The fraction of sp³-hybridized carbons (Fsp3) is 0.250. The molecule has 0 atom stereocenters. The smallest absolute Gasteiger partial charge is 0.144 e. The Hall–Kier alpha value is -2.60. The fourth-order valence-electron chi connectivity index (χ4n) is 3.18. The summed E-state index contributed by atoms with van der Waals surface area (Å²) < 4.78 is 18.8. The summed E-state index contributed by atoms with van der Waals surface area (Å²) >= 11 is 0. The van der Waals surface area contributed by atoms with Crippen LogP contribution < -0.4 is 9.64 Å². The number of hydrogen-bond donors (Lipinski definition) is 0. The number of para-hydroxylation sites is 2. The number of anilines is 1. The second kappa shape index (κ2) is 7.33. The van der Waals surface area contributed by atoms with Crippen LogP contribution in [-0.4, -0.2) is 45.7 Å². The van der Waals surface area contributed by atoms with Crippen LogP contribution in [0.3, 0.4) is 0 Å². The molecule has 2 aromatic carbocycles. The summed E-state index contributed by atoms with van der Waals surface area (Å²) in [5.41, 5.74) is 4.28. The van der Waals surface area contributed by atoms with Crippen molar-refractivity contribution in [3.63, 3.8) is 0 Å². The van der Waals surface area contributed by atoms with E-state index >= 15 is 0 Å². The summed E-state index contributed by atoms with van der Waals surface area (Å²) in [6, 6.07) is 16.3. The zero-order valence-electron chi connectivity index (χ0n) is 14.7. The van der Waals surface area contributed by atoms with Gasteiger partial charge in [-0.15, -0.1) is 0 Å². The summed E-state index contributed by atoms with van der Waals surface area (Å²) in [6.07, 6.45) is 3.88. The van der Waals surface area contributed by atoms with Crippen molar-refractivity contribution in [3.8, 4) is 22.6 Å². The van der Waals surface area contributed by atoms with E-state index in [1.54, 1.807) is 7.11 Å². The fourth-order valence-corrected chi connectivity index (χ4v) is 4.24. The minimum Gasteiger partial charge on any atom is -0.494 e. The van der Waals surface area contributed by atoms with E-state index in [9.17, 15) is 4.21 Å². The molecule has 1 fully saturated rings. The summed E-state index contributed by atoms with van der Waals surface area (Å²) in [6.45, 7) is 1.72. The number of nitrogens with zero attached hydrogens (tertiary/aromatic N) is 3. The van der Waals surface area contributed by atoms with Crippen molar-refractivity contribution in [2.24, 2.45) is 0 Å². The van der Waals surface area contributed by atoms with Crippen molar-refractivity contribution in [2.75, 3.05) is 36.6 Å². The average molecular weight is 367 g/mol. The Morgan fingerprint density at radius 3 is 2.46 bits per heavy atom. The minimum atomic E-state index is -0.650. The zero-order chi connectivity index (χ0) is 17.9. The maximum Gasteiger partial charge on any atom is 0.144 e. The number of hydrogen-bond acceptors (Lipinski definition) is 4. The van der Waals surface area contributed by atoms with Gasteiger partial charge in [0.2, 0.25) is 0 Å². The summed E-state index contributed by atoms with van der Waals surface area (Å²) in [7, 11) is 1.01. The second-order valence-electron chi connectivity index (χ2n) is 6.23. The normalized spacial score (nSPS) is 15.2. The number of ether oxygens (including phenoxy) is 1. The largest absolute Gasteiger partial charge is 0.494 e. The van der Waals surface area contributed by atoms with Crippen LogP contribution in [0.5, 0.6) is 5.75 Å². The van der Waals surface area contributed by atoms with Gasteiger partial charge in [-0.2, -0.15) is 5.10 Å². The Morgan fingerprint density at radius 1 is 1.00 bits per heavy atom. The third-order valence-corrected chi connectivity index (χ3v) is 5.93. The first-order chi connectivity index (χ1) is 12.7. The van der Waals surface area contributed by atoms with Gasteiger partial charge in [-0.05, 0) is 29.8 Å². The Kier molecular flexibility index (Phi) is 4.75. The van der Waals surface area contributed by atoms with Crippen LogP contribution >= 0.6 is 0 Å². The molecule has 134 valence electrons. The molecule has 0 aliphatic carbocycles. The molecule has 0 bridgehead atoms. The molecule has 3 aromatic rings. The van der Waals surface area contributed by atoms with E-state index in [1.807, 2.05) is 41.3 Å². The number of benzene rings is 2. The first kappa shape index (κ1) is 16.8. The highest BCUT2D eigenvalue weighted by Crippen LogP contribution is 2.27. The molecule has 6 heteroatoms. The lowest BCUT2D eigenvalue weighted by molar-refractivity contribution is 0.411. The molecule has 0 unspecified atom stereocenters. The molecule has 1 aromatic heterocycles. The Morgan fingerprint density at radius 2 is 1.73 bits per heavy atom. The van der Waals surface area contributed by atoms with Crippen molar-refractivity contribution in [1.82, 2.24) is 9.78 Å². The summed E-state index contributed by atoms with van der Waals surface area (Å²) in [5.74, 6) is 2.31. The molecule has 0 saturated carbocycles. The van der Waals surface area contributed by atoms with Gasteiger partial charge in [0.15, 0.2) is 0 Å². The molecular weight excluding hydrogens is 346 g/mol. The minimum absolute atomic E-state index is 0.650. The Labute approximate surface area is 155 Å². The summed E-state index contributed by atoms with van der Waals surface area (Å²) in [4.78, 5) is 2.30. The van der Waals surface area contributed by atoms with Gasteiger partial charge >= 0.3 is 0 Å². The molecule has 4 rings (SSSR count). The monoisotopic (exact) mass is 367 g/mol. The predicted octanol–water partition coefficient (Wildman–Crippen LogP) is 3.12. The second-order valence-corrected chi connectivity index (χ2v) is 7.92. The highest BCUT2D eigenvalue weighted by Gasteiger charge is 2.15. The average Bonchev–Trinajstić information content (AvgIpc) is 3.19. The van der Waals surface area contributed by atoms with E-state index < -0.39 is 10.8 Å². The van der Waals surface area contributed by atoms with E-state index in [0.717, 1.165) is 47.2 Å². The topological polar surface area (TPSA) is 47.4 Å². The summed E-state index contributed by atoms with van der Waals surface area (Å²) in [5, 5.41) is 4.48. The van der Waals surface area contributed by atoms with Gasteiger partial charge in [-0.25, -0.2) is 4.68 Å². The molecule has 1 saturated heterocycles. The molecule has 26 heavy (non-hydrogen) atoms. The highest BCUT2D eigenvalue weighted by atomic mass is 32.2. The molecule has 0 N–H and O–H groups in total. The van der Waals surface area contributed by atoms with Crippen LogP contribution in [0.4, 0.5) is 5.69 Å². The van der Waals surface area contributed by atoms with Crippen molar-refractivity contribution in [1.29, 1.82) is 0 Å². The lowest BCUT2D eigenvalue weighted by Crippen LogP contribution is -2.37. The van der Waals surface area contributed by atoms with Gasteiger partial charge in [0, 0.05) is 52.8 Å². The molecule has 5 nitrogen and oxygen atoms in total. The van der Waals surface area contributed by atoms with Gasteiger partial charge in [-0.3, -0.25) is 4.21 Å². The molecule has 2 heterocycles. The molecule has 0 spiro atoms. The number of aromatic nitrogens is 2. The lowest BCUT2D eigenvalue weighted by Gasteiger charge is -2.28. The van der Waals surface area contributed by atoms with Crippen LogP contribution in [0.25, 0.3) is 16.8 Å². The van der Waals surface area contributed by atoms with Crippen LogP contribution in [-0.2, 0) is 10.8 Å². The van der Waals surface area contributed by atoms with Crippen LogP contribution in [0, 0.1) is 0 Å². The Balaban J connectivity index is 1.55. The molecule has 0 radical (unpaired) electrons. The van der Waals surface area contributed by atoms with Crippen molar-refractivity contribution in [2.45, 2.75) is 0 Å². The van der Waals surface area contributed by atoms with Gasteiger partial charge < -0.3 is 9.64 Å². The highest BCUT2D eigenvalue weighted by molar-refractivity contribution is 7.85. The lowest BCUT2D eigenvalue weighted by atomic mass is 10.1. The van der Waals surface area contributed by atoms with Crippen molar-refractivity contribution < 1.29 is 8.95 Å². The van der Waals surface area contributed by atoms with Crippen molar-refractivity contribution in [3.05, 3.63) is 60.9 Å². The van der Waals surface area contributed by atoms with Gasteiger partial charge in [0.25, 0.3) is 0 Å². The molecular formula is C20H21N3O2S. The van der Waals surface area contributed by atoms with Crippen LogP contribution in [0.15, 0.2) is 60.9 Å². The van der Waals surface area contributed by atoms with Crippen LogP contribution in [0.2, 0.25) is 0 Å². The first-order valence-corrected chi connectivity index (χ1v) is 10.1. The number of rotatable bonds is 4. The Bertz CT molecular complexity index is 911. The molecule has 0 amide bonds. The van der Waals surface area contributed by atoms with Gasteiger partial charge in [0.05, 0.1) is 13.3 Å². The third-order valence-electron chi connectivity index (χ3n) is 4.66. The predicted molar refractivity (Wildman–Crippen MR) is 106 cm³/mol. The van der Waals surface area contributed by atoms with Crippen molar-refractivity contribution >= 4 is 16.5 Å². The van der Waals surface area contributed by atoms with E-state index in [2.05, 4.69) is 34.3 Å². The molecule has 1 aliphatic heterocycles. The number of methoxy groups -OCH3 is 1. The third kappa shape index (κ3) is 3.37. The maximum absolute atomic E-state index is 11.5. The van der Waals surface area contributed by atoms with E-state index in [4.69, 9.17) is 4.74 Å². The van der Waals surface area contributed by atoms with Gasteiger partial charge in [0.1, 0.15) is 11.4 Å². The first-order valence-electron chi connectivity index (χ1n) is 8.63.